The highest BCUT2D eigenvalue weighted by atomic mass is 15.4. The molecule has 3 heteroatoms. The van der Waals surface area contributed by atoms with Crippen molar-refractivity contribution in [2.45, 2.75) is 79.7 Å². The van der Waals surface area contributed by atoms with Gasteiger partial charge in [0.15, 0.2) is 0 Å². The van der Waals surface area contributed by atoms with Crippen molar-refractivity contribution < 1.29 is 0 Å². The van der Waals surface area contributed by atoms with Gasteiger partial charge in [-0.15, -0.1) is 5.10 Å². The van der Waals surface area contributed by atoms with Crippen LogP contribution in [0.3, 0.4) is 0 Å². The molecule has 0 spiro atoms. The van der Waals surface area contributed by atoms with E-state index in [9.17, 15) is 0 Å². The Hall–Kier alpha value is -0.860. The zero-order valence-corrected chi connectivity index (χ0v) is 12.8. The number of rotatable bonds is 7. The van der Waals surface area contributed by atoms with Crippen LogP contribution < -0.4 is 0 Å². The molecule has 0 amide bonds. The van der Waals surface area contributed by atoms with E-state index in [0.717, 1.165) is 19.4 Å². The highest BCUT2D eigenvalue weighted by molar-refractivity contribution is 5.12. The fourth-order valence-corrected chi connectivity index (χ4v) is 2.11. The van der Waals surface area contributed by atoms with E-state index in [1.807, 2.05) is 0 Å². The van der Waals surface area contributed by atoms with Gasteiger partial charge in [-0.2, -0.15) is 0 Å². The minimum atomic E-state index is 0.284. The van der Waals surface area contributed by atoms with E-state index in [1.54, 1.807) is 0 Å². The third-order valence-electron chi connectivity index (χ3n) is 3.11. The first-order chi connectivity index (χ1) is 8.48. The molecule has 0 fully saturated rings. The van der Waals surface area contributed by atoms with Crippen LogP contribution in [0.15, 0.2) is 0 Å². The molecule has 1 heterocycles. The molecule has 0 aliphatic heterocycles. The maximum absolute atomic E-state index is 4.42. The van der Waals surface area contributed by atoms with Gasteiger partial charge in [-0.3, -0.25) is 0 Å². The molecule has 18 heavy (non-hydrogen) atoms. The maximum Gasteiger partial charge on any atom is 0.0864 e. The monoisotopic (exact) mass is 251 g/mol. The first-order valence-corrected chi connectivity index (χ1v) is 7.39. The van der Waals surface area contributed by atoms with Crippen molar-refractivity contribution in [3.63, 3.8) is 0 Å². The zero-order chi connectivity index (χ0) is 13.6. The smallest absolute Gasteiger partial charge is 0.0864 e. The summed E-state index contributed by atoms with van der Waals surface area (Å²) < 4.78 is 2.14. The van der Waals surface area contributed by atoms with Crippen LogP contribution in [0.2, 0.25) is 0 Å². The molecule has 0 aliphatic carbocycles. The average Bonchev–Trinajstić information content (AvgIpc) is 2.64. The van der Waals surface area contributed by atoms with Gasteiger partial charge in [0.05, 0.1) is 11.4 Å². The molecule has 0 N–H and O–H groups in total. The van der Waals surface area contributed by atoms with Gasteiger partial charge in [-0.1, -0.05) is 52.7 Å². The van der Waals surface area contributed by atoms with Crippen molar-refractivity contribution in [2.24, 2.45) is 5.41 Å². The highest BCUT2D eigenvalue weighted by Gasteiger charge is 2.19. The van der Waals surface area contributed by atoms with Crippen LogP contribution in [-0.4, -0.2) is 15.0 Å². The van der Waals surface area contributed by atoms with E-state index in [2.05, 4.69) is 49.6 Å². The van der Waals surface area contributed by atoms with Gasteiger partial charge in [-0.25, -0.2) is 4.68 Å². The summed E-state index contributed by atoms with van der Waals surface area (Å²) >= 11 is 0. The summed E-state index contributed by atoms with van der Waals surface area (Å²) in [5, 5.41) is 8.78. The van der Waals surface area contributed by atoms with Crippen LogP contribution in [-0.2, 0) is 19.4 Å². The van der Waals surface area contributed by atoms with Crippen LogP contribution in [0, 0.1) is 5.41 Å². The first kappa shape index (κ1) is 15.2. The Morgan fingerprint density at radius 1 is 1.06 bits per heavy atom. The van der Waals surface area contributed by atoms with E-state index >= 15 is 0 Å². The van der Waals surface area contributed by atoms with Crippen LogP contribution in [0.25, 0.3) is 0 Å². The Morgan fingerprint density at radius 2 is 1.72 bits per heavy atom. The van der Waals surface area contributed by atoms with Gasteiger partial charge in [0.1, 0.15) is 0 Å². The van der Waals surface area contributed by atoms with Gasteiger partial charge < -0.3 is 0 Å². The lowest BCUT2D eigenvalue weighted by Crippen LogP contribution is -2.12. The molecule has 0 saturated heterocycles. The summed E-state index contributed by atoms with van der Waals surface area (Å²) in [6, 6.07) is 0. The predicted molar refractivity (Wildman–Crippen MR) is 76.7 cm³/mol. The number of hydrogen-bond donors (Lipinski definition) is 0. The molecule has 0 aliphatic rings. The van der Waals surface area contributed by atoms with Crippen molar-refractivity contribution in [1.29, 1.82) is 0 Å². The minimum absolute atomic E-state index is 0.284. The second-order valence-electron chi connectivity index (χ2n) is 6.40. The molecule has 0 aromatic carbocycles. The van der Waals surface area contributed by atoms with Crippen LogP contribution in [0.5, 0.6) is 0 Å². The Labute approximate surface area is 112 Å². The molecule has 0 saturated carbocycles. The van der Waals surface area contributed by atoms with Crippen LogP contribution in [0.4, 0.5) is 0 Å². The van der Waals surface area contributed by atoms with Gasteiger partial charge in [0, 0.05) is 6.54 Å². The molecule has 1 aromatic heterocycles. The molecule has 1 rings (SSSR count). The number of aryl methyl sites for hydroxylation is 1. The summed E-state index contributed by atoms with van der Waals surface area (Å²) in [5.41, 5.74) is 2.87. The number of unbranched alkanes of at least 4 members (excludes halogenated alkanes) is 2. The van der Waals surface area contributed by atoms with E-state index in [0.29, 0.717) is 0 Å². The average molecular weight is 251 g/mol. The number of aromatic nitrogens is 3. The summed E-state index contributed by atoms with van der Waals surface area (Å²) in [6.07, 6.45) is 7.01. The van der Waals surface area contributed by atoms with Gasteiger partial charge in [-0.05, 0) is 31.1 Å². The fourth-order valence-electron chi connectivity index (χ4n) is 2.11. The summed E-state index contributed by atoms with van der Waals surface area (Å²) in [7, 11) is 0. The normalized spacial score (nSPS) is 12.1. The molecule has 1 aromatic rings. The molecule has 0 radical (unpaired) electrons. The summed E-state index contributed by atoms with van der Waals surface area (Å²) in [6.45, 7) is 12.3. The largest absolute Gasteiger partial charge is 0.249 e. The van der Waals surface area contributed by atoms with Crippen LogP contribution in [0.1, 0.15) is 71.7 Å². The molecule has 0 unspecified atom stereocenters. The molecular formula is C15H29N3. The lowest BCUT2D eigenvalue weighted by atomic mass is 9.89. The Bertz CT molecular complexity index is 347. The van der Waals surface area contributed by atoms with Crippen molar-refractivity contribution in [3.8, 4) is 0 Å². The lowest BCUT2D eigenvalue weighted by Gasteiger charge is -2.17. The van der Waals surface area contributed by atoms with Crippen molar-refractivity contribution in [3.05, 3.63) is 11.4 Å². The van der Waals surface area contributed by atoms with Gasteiger partial charge >= 0.3 is 0 Å². The Kier molecular flexibility index (Phi) is 5.83. The third-order valence-corrected chi connectivity index (χ3v) is 3.11. The van der Waals surface area contributed by atoms with Crippen molar-refractivity contribution in [2.75, 3.05) is 0 Å². The molecule has 0 atom stereocenters. The predicted octanol–water partition coefficient (Wildman–Crippen LogP) is 4.01. The molecular weight excluding hydrogens is 222 g/mol. The lowest BCUT2D eigenvalue weighted by molar-refractivity contribution is 0.404. The molecule has 0 bridgehead atoms. The third kappa shape index (κ3) is 4.79. The maximum atomic E-state index is 4.42. The number of hydrogen-bond acceptors (Lipinski definition) is 2. The number of nitrogens with zero attached hydrogens (tertiary/aromatic N) is 3. The van der Waals surface area contributed by atoms with E-state index < -0.39 is 0 Å². The SMILES string of the molecule is CCCCc1c(CC(C)(C)C)nnn1CCCC. The topological polar surface area (TPSA) is 30.7 Å². The van der Waals surface area contributed by atoms with Crippen LogP contribution >= 0.6 is 0 Å². The molecule has 3 nitrogen and oxygen atoms in total. The quantitative estimate of drug-likeness (QED) is 0.733. The Morgan fingerprint density at radius 3 is 2.28 bits per heavy atom. The minimum Gasteiger partial charge on any atom is -0.249 e. The molecule has 104 valence electrons. The zero-order valence-electron chi connectivity index (χ0n) is 12.8. The fraction of sp³-hybridized carbons (Fsp3) is 0.867. The van der Waals surface area contributed by atoms with Gasteiger partial charge in [0.2, 0.25) is 0 Å². The first-order valence-electron chi connectivity index (χ1n) is 7.39. The van der Waals surface area contributed by atoms with E-state index in [4.69, 9.17) is 0 Å². The summed E-state index contributed by atoms with van der Waals surface area (Å²) in [5.74, 6) is 0. The second kappa shape index (κ2) is 6.91. The Balaban J connectivity index is 2.84. The van der Waals surface area contributed by atoms with Gasteiger partial charge in [0.25, 0.3) is 0 Å². The van der Waals surface area contributed by atoms with Crippen molar-refractivity contribution in [1.82, 2.24) is 15.0 Å². The van der Waals surface area contributed by atoms with E-state index in [1.165, 1.54) is 37.1 Å². The van der Waals surface area contributed by atoms with E-state index in [-0.39, 0.29) is 5.41 Å². The van der Waals surface area contributed by atoms with Crippen molar-refractivity contribution >= 4 is 0 Å². The summed E-state index contributed by atoms with van der Waals surface area (Å²) in [4.78, 5) is 0. The second-order valence-corrected chi connectivity index (χ2v) is 6.40. The standard InChI is InChI=1S/C15H29N3/c1-6-8-10-14-13(12-15(3,4)5)16-17-18(14)11-9-7-2/h6-12H2,1-5H3. The highest BCUT2D eigenvalue weighted by Crippen LogP contribution is 2.22.